The van der Waals surface area contributed by atoms with Crippen molar-refractivity contribution >= 4 is 11.6 Å². The van der Waals surface area contributed by atoms with Crippen molar-refractivity contribution in [3.05, 3.63) is 48.2 Å². The fraction of sp³-hybridized carbons (Fsp3) is 0.188. The maximum absolute atomic E-state index is 12.3. The second-order valence-electron chi connectivity index (χ2n) is 5.07. The number of ether oxygens (including phenoxy) is 1. The van der Waals surface area contributed by atoms with E-state index in [-0.39, 0.29) is 12.3 Å². The first kappa shape index (κ1) is 15.6. The number of carbonyl (C=O) groups is 1. The molecular formula is C16H16N6O2. The molecule has 1 aromatic carbocycles. The average molecular weight is 324 g/mol. The van der Waals surface area contributed by atoms with E-state index in [1.165, 1.54) is 7.11 Å². The number of nitrogens with zero attached hydrogens (tertiary/aromatic N) is 5. The van der Waals surface area contributed by atoms with Gasteiger partial charge in [-0.25, -0.2) is 9.67 Å². The minimum atomic E-state index is -0.182. The molecule has 0 aliphatic heterocycles. The minimum Gasteiger partial charge on any atom is -0.481 e. The number of rotatable bonds is 5. The van der Waals surface area contributed by atoms with Crippen LogP contribution in [-0.4, -0.2) is 38.2 Å². The molecule has 0 atom stereocenters. The molecule has 0 saturated heterocycles. The van der Waals surface area contributed by atoms with Gasteiger partial charge in [-0.3, -0.25) is 4.79 Å². The summed E-state index contributed by atoms with van der Waals surface area (Å²) in [4.78, 5) is 16.6. The third kappa shape index (κ3) is 3.37. The predicted molar refractivity (Wildman–Crippen MR) is 87.4 cm³/mol. The van der Waals surface area contributed by atoms with Crippen LogP contribution in [0.4, 0.5) is 5.69 Å². The summed E-state index contributed by atoms with van der Waals surface area (Å²) < 4.78 is 6.62. The first-order valence-electron chi connectivity index (χ1n) is 7.29. The smallest absolute Gasteiger partial charge is 0.230 e. The van der Waals surface area contributed by atoms with Crippen molar-refractivity contribution in [3.8, 4) is 17.3 Å². The number of methoxy groups -OCH3 is 1. The summed E-state index contributed by atoms with van der Waals surface area (Å²) in [7, 11) is 3.28. The largest absolute Gasteiger partial charge is 0.481 e. The predicted octanol–water partition coefficient (Wildman–Crippen LogP) is 1.46. The number of anilines is 1. The normalized spacial score (nSPS) is 10.4. The number of tetrazole rings is 1. The fourth-order valence-corrected chi connectivity index (χ4v) is 2.27. The molecule has 3 rings (SSSR count). The van der Waals surface area contributed by atoms with Gasteiger partial charge in [-0.2, -0.15) is 0 Å². The van der Waals surface area contributed by atoms with Gasteiger partial charge in [0.2, 0.25) is 11.8 Å². The van der Waals surface area contributed by atoms with Crippen LogP contribution in [0.25, 0.3) is 11.4 Å². The van der Waals surface area contributed by atoms with Gasteiger partial charge in [0.1, 0.15) is 0 Å². The molecule has 1 N–H and O–H groups in total. The summed E-state index contributed by atoms with van der Waals surface area (Å²) in [5.41, 5.74) is 2.02. The minimum absolute atomic E-state index is 0.141. The van der Waals surface area contributed by atoms with E-state index < -0.39 is 0 Å². The highest BCUT2D eigenvalue weighted by Gasteiger charge is 2.13. The summed E-state index contributed by atoms with van der Waals surface area (Å²) in [5, 5.41) is 14.3. The number of amides is 1. The highest BCUT2D eigenvalue weighted by Crippen LogP contribution is 2.25. The second-order valence-corrected chi connectivity index (χ2v) is 5.07. The Morgan fingerprint density at radius 2 is 2.04 bits per heavy atom. The van der Waals surface area contributed by atoms with Crippen molar-refractivity contribution in [1.29, 1.82) is 0 Å². The third-order valence-corrected chi connectivity index (χ3v) is 3.39. The van der Waals surface area contributed by atoms with Gasteiger partial charge in [-0.05, 0) is 28.6 Å². The van der Waals surface area contributed by atoms with Crippen molar-refractivity contribution in [2.24, 2.45) is 7.05 Å². The number of nitrogens with one attached hydrogen (secondary N) is 1. The van der Waals surface area contributed by atoms with Crippen LogP contribution in [0.15, 0.2) is 42.5 Å². The number of carbonyl (C=O) groups excluding carboxylic acids is 1. The molecule has 122 valence electrons. The van der Waals surface area contributed by atoms with Crippen molar-refractivity contribution in [3.63, 3.8) is 0 Å². The second kappa shape index (κ2) is 6.86. The number of benzene rings is 1. The maximum atomic E-state index is 12.3. The van der Waals surface area contributed by atoms with E-state index in [1.807, 2.05) is 18.2 Å². The van der Waals surface area contributed by atoms with E-state index in [9.17, 15) is 4.79 Å². The maximum Gasteiger partial charge on any atom is 0.230 e. The van der Waals surface area contributed by atoms with Crippen LogP contribution in [0.5, 0.6) is 5.88 Å². The number of aromatic nitrogens is 5. The molecule has 0 bridgehead atoms. The topological polar surface area (TPSA) is 94.8 Å². The van der Waals surface area contributed by atoms with E-state index in [0.29, 0.717) is 23.1 Å². The van der Waals surface area contributed by atoms with Crippen LogP contribution in [0.3, 0.4) is 0 Å². The Kier molecular flexibility index (Phi) is 4.46. The highest BCUT2D eigenvalue weighted by molar-refractivity contribution is 5.95. The van der Waals surface area contributed by atoms with Gasteiger partial charge < -0.3 is 10.1 Å². The monoisotopic (exact) mass is 324 g/mol. The van der Waals surface area contributed by atoms with Crippen molar-refractivity contribution in [1.82, 2.24) is 25.2 Å². The van der Waals surface area contributed by atoms with Crippen molar-refractivity contribution in [2.45, 2.75) is 6.42 Å². The van der Waals surface area contributed by atoms with Crippen LogP contribution >= 0.6 is 0 Å². The lowest BCUT2D eigenvalue weighted by atomic mass is 10.1. The van der Waals surface area contributed by atoms with Gasteiger partial charge >= 0.3 is 0 Å². The van der Waals surface area contributed by atoms with E-state index in [0.717, 1.165) is 5.56 Å². The molecule has 0 aliphatic carbocycles. The van der Waals surface area contributed by atoms with Gasteiger partial charge in [0.25, 0.3) is 0 Å². The lowest BCUT2D eigenvalue weighted by molar-refractivity contribution is -0.115. The summed E-state index contributed by atoms with van der Waals surface area (Å²) in [6.45, 7) is 0. The summed E-state index contributed by atoms with van der Waals surface area (Å²) in [5.74, 6) is 0.870. The number of hydrogen-bond donors (Lipinski definition) is 1. The molecule has 8 nitrogen and oxygen atoms in total. The summed E-state index contributed by atoms with van der Waals surface area (Å²) in [6.07, 6.45) is 0.141. The Labute approximate surface area is 138 Å². The molecule has 3 aromatic rings. The highest BCUT2D eigenvalue weighted by atomic mass is 16.5. The molecule has 0 fully saturated rings. The molecule has 0 spiro atoms. The molecular weight excluding hydrogens is 308 g/mol. The number of para-hydroxylation sites is 1. The zero-order valence-electron chi connectivity index (χ0n) is 13.3. The van der Waals surface area contributed by atoms with Crippen LogP contribution < -0.4 is 10.1 Å². The zero-order valence-corrected chi connectivity index (χ0v) is 13.3. The van der Waals surface area contributed by atoms with E-state index >= 15 is 0 Å². The molecule has 1 amide bonds. The van der Waals surface area contributed by atoms with Crippen molar-refractivity contribution < 1.29 is 9.53 Å². The molecule has 0 radical (unpaired) electrons. The van der Waals surface area contributed by atoms with Crippen LogP contribution in [0.1, 0.15) is 5.69 Å². The van der Waals surface area contributed by atoms with E-state index in [4.69, 9.17) is 4.74 Å². The van der Waals surface area contributed by atoms with Crippen molar-refractivity contribution in [2.75, 3.05) is 12.4 Å². The molecule has 0 aliphatic rings. The number of hydrogen-bond acceptors (Lipinski definition) is 6. The first-order chi connectivity index (χ1) is 11.7. The van der Waals surface area contributed by atoms with Gasteiger partial charge in [0, 0.05) is 18.7 Å². The standard InChI is InChI=1S/C16H16N6O2/c1-22-16(19-20-21-22)12-7-3-4-8-13(12)18-14(23)10-11-6-5-9-15(17-11)24-2/h3-9H,10H2,1-2H3,(H,18,23). The zero-order chi connectivity index (χ0) is 16.9. The first-order valence-corrected chi connectivity index (χ1v) is 7.29. The van der Waals surface area contributed by atoms with Gasteiger partial charge in [-0.15, -0.1) is 5.10 Å². The SMILES string of the molecule is COc1cccc(CC(=O)Nc2ccccc2-c2nnnn2C)n1. The average Bonchev–Trinajstić information content (AvgIpc) is 3.01. The molecule has 0 unspecified atom stereocenters. The van der Waals surface area contributed by atoms with Gasteiger partial charge in [-0.1, -0.05) is 18.2 Å². The fourth-order valence-electron chi connectivity index (χ4n) is 2.27. The molecule has 2 heterocycles. The van der Waals surface area contributed by atoms with Gasteiger partial charge in [0.15, 0.2) is 5.82 Å². The Morgan fingerprint density at radius 3 is 2.79 bits per heavy atom. The van der Waals surface area contributed by atoms with E-state index in [2.05, 4.69) is 25.8 Å². The lowest BCUT2D eigenvalue weighted by Crippen LogP contribution is -2.16. The number of pyridine rings is 1. The van der Waals surface area contributed by atoms with Crippen LogP contribution in [-0.2, 0) is 18.3 Å². The molecule has 24 heavy (non-hydrogen) atoms. The third-order valence-electron chi connectivity index (χ3n) is 3.39. The lowest BCUT2D eigenvalue weighted by Gasteiger charge is -2.10. The van der Waals surface area contributed by atoms with Crippen LogP contribution in [0.2, 0.25) is 0 Å². The molecule has 0 saturated carbocycles. The summed E-state index contributed by atoms with van der Waals surface area (Å²) >= 11 is 0. The number of aryl methyl sites for hydroxylation is 1. The summed E-state index contributed by atoms with van der Waals surface area (Å²) in [6, 6.07) is 12.7. The Bertz CT molecular complexity index is 861. The Balaban J connectivity index is 1.79. The van der Waals surface area contributed by atoms with Gasteiger partial charge in [0.05, 0.1) is 24.9 Å². The molecule has 8 heteroatoms. The Morgan fingerprint density at radius 1 is 1.21 bits per heavy atom. The van der Waals surface area contributed by atoms with Crippen LogP contribution in [0, 0.1) is 0 Å². The molecule has 2 aromatic heterocycles. The van der Waals surface area contributed by atoms with E-state index in [1.54, 1.807) is 36.0 Å². The quantitative estimate of drug-likeness (QED) is 0.763. The Hall–Kier alpha value is -3.29.